The Morgan fingerprint density at radius 1 is 1.09 bits per heavy atom. The average molecular weight is 300 g/mol. The Kier molecular flexibility index (Phi) is 3.42. The molecule has 23 heavy (non-hydrogen) atoms. The number of hydrogen-bond acceptors (Lipinski definition) is 4. The quantitative estimate of drug-likeness (QED) is 0.545. The van der Waals surface area contributed by atoms with E-state index in [1.165, 1.54) is 11.1 Å². The molecule has 0 bridgehead atoms. The van der Waals surface area contributed by atoms with Gasteiger partial charge in [-0.1, -0.05) is 54.1 Å². The van der Waals surface area contributed by atoms with Crippen LogP contribution in [0.15, 0.2) is 53.5 Å². The van der Waals surface area contributed by atoms with Crippen molar-refractivity contribution in [3.05, 3.63) is 76.7 Å². The number of aliphatic imine (C=N–C) groups is 1. The predicted molar refractivity (Wildman–Crippen MR) is 90.5 cm³/mol. The number of rotatable bonds is 3. The highest BCUT2D eigenvalue weighted by Gasteiger charge is 2.22. The molecule has 2 aromatic carbocycles. The molecule has 0 aliphatic heterocycles. The van der Waals surface area contributed by atoms with Crippen LogP contribution in [0.1, 0.15) is 28.2 Å². The summed E-state index contributed by atoms with van der Waals surface area (Å²) in [4.78, 5) is 9.05. The number of nitrogens with zero attached hydrogens (tertiary/aromatic N) is 4. The monoisotopic (exact) mass is 300 g/mol. The van der Waals surface area contributed by atoms with Crippen molar-refractivity contribution in [1.29, 1.82) is 0 Å². The molecule has 0 fully saturated rings. The van der Waals surface area contributed by atoms with Crippen LogP contribution in [0.5, 0.6) is 0 Å². The first-order chi connectivity index (χ1) is 11.3. The fourth-order valence-corrected chi connectivity index (χ4v) is 2.85. The molecule has 1 aliphatic carbocycles. The van der Waals surface area contributed by atoms with Crippen LogP contribution in [0.4, 0.5) is 0 Å². The van der Waals surface area contributed by atoms with E-state index in [1.807, 2.05) is 36.5 Å². The van der Waals surface area contributed by atoms with E-state index in [1.54, 1.807) is 0 Å². The van der Waals surface area contributed by atoms with E-state index in [4.69, 9.17) is 0 Å². The maximum atomic E-state index is 4.64. The fraction of sp³-hybridized carbons (Fsp3) is 0.158. The molecule has 0 unspecified atom stereocenters. The van der Waals surface area contributed by atoms with Gasteiger partial charge in [-0.3, -0.25) is 4.99 Å². The van der Waals surface area contributed by atoms with Crippen molar-refractivity contribution in [2.45, 2.75) is 19.9 Å². The van der Waals surface area contributed by atoms with Gasteiger partial charge >= 0.3 is 0 Å². The lowest BCUT2D eigenvalue weighted by Crippen LogP contribution is -2.01. The van der Waals surface area contributed by atoms with E-state index in [9.17, 15) is 0 Å². The Bertz CT molecular complexity index is 885. The van der Waals surface area contributed by atoms with Crippen molar-refractivity contribution in [3.63, 3.8) is 0 Å². The zero-order valence-corrected chi connectivity index (χ0v) is 12.9. The van der Waals surface area contributed by atoms with E-state index in [0.717, 1.165) is 28.9 Å². The maximum absolute atomic E-state index is 4.64. The zero-order chi connectivity index (χ0) is 15.6. The second kappa shape index (κ2) is 5.72. The van der Waals surface area contributed by atoms with Gasteiger partial charge in [-0.2, -0.15) is 0 Å². The van der Waals surface area contributed by atoms with Crippen molar-refractivity contribution in [3.8, 4) is 11.3 Å². The van der Waals surface area contributed by atoms with Gasteiger partial charge in [-0.25, -0.2) is 4.98 Å². The number of fused-ring (bicyclic) bond motifs is 3. The van der Waals surface area contributed by atoms with E-state index < -0.39 is 0 Å². The van der Waals surface area contributed by atoms with Gasteiger partial charge in [0.25, 0.3) is 0 Å². The van der Waals surface area contributed by atoms with Crippen LogP contribution < -0.4 is 0 Å². The van der Waals surface area contributed by atoms with Gasteiger partial charge in [0.15, 0.2) is 5.82 Å². The van der Waals surface area contributed by atoms with Crippen LogP contribution >= 0.6 is 0 Å². The molecule has 0 N–H and O–H groups in total. The summed E-state index contributed by atoms with van der Waals surface area (Å²) in [6.07, 6.45) is 2.67. The van der Waals surface area contributed by atoms with Crippen molar-refractivity contribution < 1.29 is 0 Å². The first-order valence-electron chi connectivity index (χ1n) is 7.67. The molecule has 1 aliphatic rings. The zero-order valence-electron chi connectivity index (χ0n) is 12.9. The summed E-state index contributed by atoms with van der Waals surface area (Å²) in [5.41, 5.74) is 6.69. The van der Waals surface area contributed by atoms with Crippen molar-refractivity contribution in [1.82, 2.24) is 15.2 Å². The van der Waals surface area contributed by atoms with Gasteiger partial charge in [-0.05, 0) is 18.1 Å². The van der Waals surface area contributed by atoms with E-state index in [0.29, 0.717) is 12.4 Å². The summed E-state index contributed by atoms with van der Waals surface area (Å²) in [6, 6.07) is 16.4. The molecule has 0 atom stereocenters. The molecule has 0 radical (unpaired) electrons. The van der Waals surface area contributed by atoms with E-state index in [2.05, 4.69) is 45.3 Å². The van der Waals surface area contributed by atoms with Gasteiger partial charge in [0.2, 0.25) is 0 Å². The molecule has 0 amide bonds. The molecule has 4 nitrogen and oxygen atoms in total. The Labute approximate surface area is 135 Å². The standard InChI is InChI=1S/C19H16N4/c1-13-7-8-16-15(9-13)10-17-19(16)23-22-18(21-17)12-20-11-14-5-3-2-4-6-14/h2-9,11H,10,12H2,1H3. The number of aromatic nitrogens is 3. The SMILES string of the molecule is Cc1ccc2c(c1)Cc1nc(CN=Cc3ccccc3)nnc1-2. The van der Waals surface area contributed by atoms with E-state index >= 15 is 0 Å². The third-order valence-electron chi connectivity index (χ3n) is 3.95. The molecule has 1 aromatic heterocycles. The number of hydrogen-bond donors (Lipinski definition) is 0. The summed E-state index contributed by atoms with van der Waals surface area (Å²) in [7, 11) is 0. The van der Waals surface area contributed by atoms with E-state index in [-0.39, 0.29) is 0 Å². The van der Waals surface area contributed by atoms with Crippen molar-refractivity contribution >= 4 is 6.21 Å². The highest BCUT2D eigenvalue weighted by Crippen LogP contribution is 2.33. The molecular formula is C19H16N4. The average Bonchev–Trinajstić information content (AvgIpc) is 2.92. The smallest absolute Gasteiger partial charge is 0.172 e. The minimum Gasteiger partial charge on any atom is -0.284 e. The van der Waals surface area contributed by atoms with Crippen LogP contribution in [0, 0.1) is 6.92 Å². The molecule has 4 heteroatoms. The largest absolute Gasteiger partial charge is 0.284 e. The Hall–Kier alpha value is -2.88. The van der Waals surface area contributed by atoms with Crippen LogP contribution in [-0.2, 0) is 13.0 Å². The highest BCUT2D eigenvalue weighted by atomic mass is 15.2. The Balaban J connectivity index is 1.54. The maximum Gasteiger partial charge on any atom is 0.172 e. The molecule has 4 rings (SSSR count). The lowest BCUT2D eigenvalue weighted by atomic mass is 10.1. The Morgan fingerprint density at radius 2 is 1.96 bits per heavy atom. The Morgan fingerprint density at radius 3 is 2.83 bits per heavy atom. The summed E-state index contributed by atoms with van der Waals surface area (Å²) in [5, 5.41) is 8.60. The summed E-state index contributed by atoms with van der Waals surface area (Å²) >= 11 is 0. The first kappa shape index (κ1) is 13.8. The van der Waals surface area contributed by atoms with Crippen LogP contribution in [0.3, 0.4) is 0 Å². The van der Waals surface area contributed by atoms with Gasteiger partial charge in [-0.15, -0.1) is 10.2 Å². The fourth-order valence-electron chi connectivity index (χ4n) is 2.85. The third kappa shape index (κ3) is 2.75. The minimum atomic E-state index is 0.449. The summed E-state index contributed by atoms with van der Waals surface area (Å²) in [6.45, 7) is 2.55. The van der Waals surface area contributed by atoms with Crippen molar-refractivity contribution in [2.24, 2.45) is 4.99 Å². The molecule has 0 saturated carbocycles. The van der Waals surface area contributed by atoms with Crippen LogP contribution in [0.2, 0.25) is 0 Å². The van der Waals surface area contributed by atoms with Crippen LogP contribution in [0.25, 0.3) is 11.3 Å². The van der Waals surface area contributed by atoms with Gasteiger partial charge in [0, 0.05) is 18.2 Å². The third-order valence-corrected chi connectivity index (χ3v) is 3.95. The topological polar surface area (TPSA) is 51.0 Å². The second-order valence-electron chi connectivity index (χ2n) is 5.74. The lowest BCUT2D eigenvalue weighted by Gasteiger charge is -2.00. The number of benzene rings is 2. The highest BCUT2D eigenvalue weighted by molar-refractivity contribution is 5.79. The molecular weight excluding hydrogens is 284 g/mol. The predicted octanol–water partition coefficient (Wildman–Crippen LogP) is 3.37. The molecule has 3 aromatic rings. The summed E-state index contributed by atoms with van der Waals surface area (Å²) in [5.74, 6) is 0.667. The second-order valence-corrected chi connectivity index (χ2v) is 5.74. The first-order valence-corrected chi connectivity index (χ1v) is 7.67. The van der Waals surface area contributed by atoms with Gasteiger partial charge in [0.05, 0.1) is 5.69 Å². The van der Waals surface area contributed by atoms with Crippen molar-refractivity contribution in [2.75, 3.05) is 0 Å². The van der Waals surface area contributed by atoms with Crippen LogP contribution in [-0.4, -0.2) is 21.4 Å². The lowest BCUT2D eigenvalue weighted by molar-refractivity contribution is 0.819. The molecule has 0 saturated heterocycles. The van der Waals surface area contributed by atoms with Gasteiger partial charge in [0.1, 0.15) is 12.2 Å². The number of aryl methyl sites for hydroxylation is 1. The minimum absolute atomic E-state index is 0.449. The molecule has 112 valence electrons. The van der Waals surface area contributed by atoms with Gasteiger partial charge < -0.3 is 0 Å². The molecule has 0 spiro atoms. The summed E-state index contributed by atoms with van der Waals surface area (Å²) < 4.78 is 0. The molecule has 1 heterocycles. The normalized spacial score (nSPS) is 12.4.